The molecular weight excluding hydrogens is 325 g/mol. The van der Waals surface area contributed by atoms with Gasteiger partial charge in [0.15, 0.2) is 11.7 Å². The summed E-state index contributed by atoms with van der Waals surface area (Å²) < 4.78 is 14.7. The highest BCUT2D eigenvalue weighted by Gasteiger charge is 2.23. The van der Waals surface area contributed by atoms with Gasteiger partial charge in [-0.05, 0) is 53.7 Å². The van der Waals surface area contributed by atoms with Crippen molar-refractivity contribution in [1.29, 1.82) is 0 Å². The SMILES string of the molecule is CCN(CC1CCC1)c1ccc(/C(N)=N/O)c(Br)c1F. The summed E-state index contributed by atoms with van der Waals surface area (Å²) in [4.78, 5) is 2.04. The molecule has 1 aliphatic rings. The van der Waals surface area contributed by atoms with Crippen molar-refractivity contribution in [1.82, 2.24) is 0 Å². The van der Waals surface area contributed by atoms with Crippen molar-refractivity contribution in [3.05, 3.63) is 28.0 Å². The van der Waals surface area contributed by atoms with Gasteiger partial charge in [-0.3, -0.25) is 0 Å². The van der Waals surface area contributed by atoms with Gasteiger partial charge in [0.2, 0.25) is 0 Å². The number of hydrogen-bond donors (Lipinski definition) is 2. The van der Waals surface area contributed by atoms with E-state index in [0.717, 1.165) is 13.1 Å². The lowest BCUT2D eigenvalue weighted by Gasteiger charge is -2.33. The second-order valence-corrected chi connectivity index (χ2v) is 5.87. The molecule has 0 radical (unpaired) electrons. The zero-order valence-corrected chi connectivity index (χ0v) is 13.0. The third-order valence-corrected chi connectivity index (χ3v) is 4.65. The van der Waals surface area contributed by atoms with Crippen molar-refractivity contribution in [2.45, 2.75) is 26.2 Å². The monoisotopic (exact) mass is 343 g/mol. The Bertz CT molecular complexity index is 517. The average molecular weight is 344 g/mol. The lowest BCUT2D eigenvalue weighted by atomic mass is 9.85. The summed E-state index contributed by atoms with van der Waals surface area (Å²) in [7, 11) is 0. The first-order chi connectivity index (χ1) is 9.58. The Morgan fingerprint density at radius 1 is 1.55 bits per heavy atom. The van der Waals surface area contributed by atoms with Crippen LogP contribution in [0.15, 0.2) is 21.8 Å². The van der Waals surface area contributed by atoms with Gasteiger partial charge in [-0.25, -0.2) is 4.39 Å². The molecule has 1 aromatic carbocycles. The van der Waals surface area contributed by atoms with Gasteiger partial charge >= 0.3 is 0 Å². The average Bonchev–Trinajstić information content (AvgIpc) is 2.41. The van der Waals surface area contributed by atoms with Crippen molar-refractivity contribution in [2.24, 2.45) is 16.8 Å². The number of rotatable bonds is 5. The molecule has 0 aliphatic heterocycles. The molecule has 20 heavy (non-hydrogen) atoms. The van der Waals surface area contributed by atoms with E-state index in [1.165, 1.54) is 19.3 Å². The highest BCUT2D eigenvalue weighted by Crippen LogP contribution is 2.33. The third kappa shape index (κ3) is 2.90. The zero-order valence-electron chi connectivity index (χ0n) is 11.4. The first kappa shape index (κ1) is 15.1. The van der Waals surface area contributed by atoms with Crippen LogP contribution in [0.5, 0.6) is 0 Å². The number of halogens is 2. The van der Waals surface area contributed by atoms with Crippen LogP contribution in [0.25, 0.3) is 0 Å². The molecule has 0 atom stereocenters. The topological polar surface area (TPSA) is 61.8 Å². The first-order valence-corrected chi connectivity index (χ1v) is 7.58. The summed E-state index contributed by atoms with van der Waals surface area (Å²) in [5, 5.41) is 11.6. The Kier molecular flexibility index (Phi) is 4.86. The van der Waals surface area contributed by atoms with Gasteiger partial charge in [0.1, 0.15) is 0 Å². The maximum absolute atomic E-state index is 14.5. The Morgan fingerprint density at radius 2 is 2.25 bits per heavy atom. The summed E-state index contributed by atoms with van der Waals surface area (Å²) in [5.74, 6) is 0.191. The van der Waals surface area contributed by atoms with Crippen LogP contribution in [0.1, 0.15) is 31.7 Å². The lowest BCUT2D eigenvalue weighted by molar-refractivity contribution is 0.317. The van der Waals surface area contributed by atoms with Gasteiger partial charge in [0, 0.05) is 18.7 Å². The maximum atomic E-state index is 14.5. The predicted molar refractivity (Wildman–Crippen MR) is 81.8 cm³/mol. The predicted octanol–water partition coefficient (Wildman–Crippen LogP) is 3.31. The Labute approximate surface area is 126 Å². The molecule has 110 valence electrons. The number of oxime groups is 1. The van der Waals surface area contributed by atoms with Gasteiger partial charge in [0.05, 0.1) is 10.2 Å². The molecule has 4 nitrogen and oxygen atoms in total. The van der Waals surface area contributed by atoms with Crippen molar-refractivity contribution in [3.63, 3.8) is 0 Å². The van der Waals surface area contributed by atoms with E-state index in [-0.39, 0.29) is 16.1 Å². The zero-order chi connectivity index (χ0) is 14.7. The molecule has 3 N–H and O–H groups in total. The lowest BCUT2D eigenvalue weighted by Crippen LogP contribution is -2.33. The standard InChI is InChI=1S/C14H19BrFN3O/c1-2-19(8-9-4-3-5-9)11-7-6-10(14(17)18-20)12(15)13(11)16/h6-7,9,20H,2-5,8H2,1H3,(H2,17,18). The molecule has 1 aromatic rings. The van der Waals surface area contributed by atoms with E-state index in [0.29, 0.717) is 17.2 Å². The molecule has 1 saturated carbocycles. The van der Waals surface area contributed by atoms with E-state index in [2.05, 4.69) is 21.1 Å². The van der Waals surface area contributed by atoms with Gasteiger partial charge < -0.3 is 15.8 Å². The second kappa shape index (κ2) is 6.43. The smallest absolute Gasteiger partial charge is 0.171 e. The summed E-state index contributed by atoms with van der Waals surface area (Å²) in [6, 6.07) is 3.36. The van der Waals surface area contributed by atoms with E-state index in [1.54, 1.807) is 12.1 Å². The van der Waals surface area contributed by atoms with Crippen LogP contribution >= 0.6 is 15.9 Å². The fourth-order valence-corrected chi connectivity index (χ4v) is 2.96. The summed E-state index contributed by atoms with van der Waals surface area (Å²) >= 11 is 3.19. The number of benzene rings is 1. The van der Waals surface area contributed by atoms with Gasteiger partial charge in [0.25, 0.3) is 0 Å². The number of nitrogens with two attached hydrogens (primary N) is 1. The van der Waals surface area contributed by atoms with Crippen LogP contribution in [-0.2, 0) is 0 Å². The molecule has 0 aromatic heterocycles. The highest BCUT2D eigenvalue weighted by atomic mass is 79.9. The summed E-state index contributed by atoms with van der Waals surface area (Å²) in [6.45, 7) is 3.65. The molecule has 0 heterocycles. The molecule has 0 amide bonds. The number of amidine groups is 1. The van der Waals surface area contributed by atoms with Crippen molar-refractivity contribution < 1.29 is 9.60 Å². The summed E-state index contributed by atoms with van der Waals surface area (Å²) in [6.07, 6.45) is 3.72. The third-order valence-electron chi connectivity index (χ3n) is 3.87. The van der Waals surface area contributed by atoms with E-state index in [4.69, 9.17) is 10.9 Å². The second-order valence-electron chi connectivity index (χ2n) is 5.08. The van der Waals surface area contributed by atoms with Crippen LogP contribution in [0, 0.1) is 11.7 Å². The van der Waals surface area contributed by atoms with Crippen LogP contribution in [0.2, 0.25) is 0 Å². The molecule has 1 aliphatic carbocycles. The molecule has 2 rings (SSSR count). The minimum atomic E-state index is -0.365. The van der Waals surface area contributed by atoms with Gasteiger partial charge in [-0.15, -0.1) is 0 Å². The van der Waals surface area contributed by atoms with Gasteiger partial charge in [-0.2, -0.15) is 0 Å². The molecule has 0 unspecified atom stereocenters. The normalized spacial score (nSPS) is 16.1. The quantitative estimate of drug-likeness (QED) is 0.373. The fourth-order valence-electron chi connectivity index (χ4n) is 2.42. The fraction of sp³-hybridized carbons (Fsp3) is 0.500. The van der Waals surface area contributed by atoms with Crippen LogP contribution in [0.4, 0.5) is 10.1 Å². The van der Waals surface area contributed by atoms with Crippen molar-refractivity contribution in [3.8, 4) is 0 Å². The minimum absolute atomic E-state index is 0.107. The first-order valence-electron chi connectivity index (χ1n) is 6.79. The summed E-state index contributed by atoms with van der Waals surface area (Å²) in [5.41, 5.74) is 6.44. The molecular formula is C14H19BrFN3O. The van der Waals surface area contributed by atoms with E-state index in [9.17, 15) is 4.39 Å². The van der Waals surface area contributed by atoms with E-state index < -0.39 is 0 Å². The highest BCUT2D eigenvalue weighted by molar-refractivity contribution is 9.10. The van der Waals surface area contributed by atoms with Crippen LogP contribution in [-0.4, -0.2) is 24.1 Å². The number of anilines is 1. The molecule has 1 fully saturated rings. The largest absolute Gasteiger partial charge is 0.409 e. The molecule has 6 heteroatoms. The Morgan fingerprint density at radius 3 is 2.75 bits per heavy atom. The van der Waals surface area contributed by atoms with Crippen molar-refractivity contribution >= 4 is 27.5 Å². The van der Waals surface area contributed by atoms with E-state index >= 15 is 0 Å². The Balaban J connectivity index is 2.29. The molecule has 0 saturated heterocycles. The number of nitrogens with zero attached hydrogens (tertiary/aromatic N) is 2. The number of hydrogen-bond acceptors (Lipinski definition) is 3. The minimum Gasteiger partial charge on any atom is -0.409 e. The van der Waals surface area contributed by atoms with E-state index in [1.807, 2.05) is 11.8 Å². The molecule has 0 spiro atoms. The molecule has 0 bridgehead atoms. The maximum Gasteiger partial charge on any atom is 0.171 e. The Hall–Kier alpha value is -1.30. The van der Waals surface area contributed by atoms with Crippen LogP contribution < -0.4 is 10.6 Å². The van der Waals surface area contributed by atoms with Crippen molar-refractivity contribution in [2.75, 3.05) is 18.0 Å². The van der Waals surface area contributed by atoms with Crippen LogP contribution in [0.3, 0.4) is 0 Å². The van der Waals surface area contributed by atoms with Gasteiger partial charge in [-0.1, -0.05) is 11.6 Å².